The van der Waals surface area contributed by atoms with Gasteiger partial charge in [-0.15, -0.1) is 0 Å². The first-order valence-corrected chi connectivity index (χ1v) is 7.99. The number of allylic oxidation sites excluding steroid dienone is 1. The first kappa shape index (κ1) is 17.5. The van der Waals surface area contributed by atoms with Crippen LogP contribution < -0.4 is 14.2 Å². The predicted molar refractivity (Wildman–Crippen MR) is 94.5 cm³/mol. The number of benzene rings is 2. The Labute approximate surface area is 150 Å². The van der Waals surface area contributed by atoms with Gasteiger partial charge in [-0.1, -0.05) is 18.2 Å². The number of para-hydroxylation sites is 1. The molecule has 0 aromatic heterocycles. The van der Waals surface area contributed by atoms with E-state index in [-0.39, 0.29) is 11.5 Å². The molecule has 0 saturated carbocycles. The molecule has 1 aliphatic heterocycles. The predicted octanol–water partition coefficient (Wildman–Crippen LogP) is 3.25. The monoisotopic (exact) mass is 354 g/mol. The number of esters is 1. The van der Waals surface area contributed by atoms with E-state index < -0.39 is 12.1 Å². The van der Waals surface area contributed by atoms with Gasteiger partial charge in [0.1, 0.15) is 17.2 Å². The number of Topliss-reactive ketones (excluding diaryl/α,β-unsaturated/α-hetero) is 1. The van der Waals surface area contributed by atoms with Gasteiger partial charge < -0.3 is 18.9 Å². The van der Waals surface area contributed by atoms with Crippen LogP contribution in [-0.2, 0) is 9.53 Å². The third kappa shape index (κ3) is 3.39. The van der Waals surface area contributed by atoms with Crippen molar-refractivity contribution in [2.45, 2.75) is 13.0 Å². The molecule has 0 saturated heterocycles. The fraction of sp³-hybridized carbons (Fsp3) is 0.200. The minimum absolute atomic E-state index is 0.176. The summed E-state index contributed by atoms with van der Waals surface area (Å²) in [5.74, 6) is 0.965. The number of carbonyl (C=O) groups is 2. The van der Waals surface area contributed by atoms with Crippen LogP contribution in [0.3, 0.4) is 0 Å². The van der Waals surface area contributed by atoms with Crippen molar-refractivity contribution in [3.05, 3.63) is 59.4 Å². The van der Waals surface area contributed by atoms with Crippen molar-refractivity contribution in [3.63, 3.8) is 0 Å². The van der Waals surface area contributed by atoms with Gasteiger partial charge in [0, 0.05) is 11.6 Å². The molecule has 6 heteroatoms. The number of ketones is 1. The van der Waals surface area contributed by atoms with E-state index in [0.29, 0.717) is 28.4 Å². The lowest BCUT2D eigenvalue weighted by atomic mass is 10.1. The number of methoxy groups -OCH3 is 2. The van der Waals surface area contributed by atoms with Crippen molar-refractivity contribution in [1.29, 1.82) is 0 Å². The van der Waals surface area contributed by atoms with Gasteiger partial charge in [-0.2, -0.15) is 0 Å². The van der Waals surface area contributed by atoms with E-state index in [1.54, 1.807) is 62.6 Å². The lowest BCUT2D eigenvalue weighted by molar-refractivity contribution is -0.147. The molecule has 26 heavy (non-hydrogen) atoms. The van der Waals surface area contributed by atoms with E-state index in [1.165, 1.54) is 7.11 Å². The number of hydrogen-bond acceptors (Lipinski definition) is 6. The molecule has 2 aromatic carbocycles. The van der Waals surface area contributed by atoms with Crippen LogP contribution in [0, 0.1) is 0 Å². The third-order valence-corrected chi connectivity index (χ3v) is 3.92. The third-order valence-electron chi connectivity index (χ3n) is 3.92. The first-order valence-electron chi connectivity index (χ1n) is 7.99. The summed E-state index contributed by atoms with van der Waals surface area (Å²) in [5.41, 5.74) is 1.09. The molecular formula is C20H18O6. The summed E-state index contributed by atoms with van der Waals surface area (Å²) in [6.07, 6.45) is 0.815. The molecule has 6 nitrogen and oxygen atoms in total. The Balaban J connectivity index is 1.89. The summed E-state index contributed by atoms with van der Waals surface area (Å²) in [5, 5.41) is 0. The number of carbonyl (C=O) groups excluding carboxylic acids is 2. The molecule has 0 aliphatic carbocycles. The summed E-state index contributed by atoms with van der Waals surface area (Å²) in [6.45, 7) is 1.59. The quantitative estimate of drug-likeness (QED) is 0.606. The molecule has 3 rings (SSSR count). The maximum atomic E-state index is 12.5. The normalized spacial score (nSPS) is 15.2. The molecule has 0 N–H and O–H groups in total. The second-order valence-electron chi connectivity index (χ2n) is 5.62. The zero-order valence-electron chi connectivity index (χ0n) is 14.6. The summed E-state index contributed by atoms with van der Waals surface area (Å²) < 4.78 is 21.1. The molecule has 2 aromatic rings. The lowest BCUT2D eigenvalue weighted by Crippen LogP contribution is -2.25. The van der Waals surface area contributed by atoms with Gasteiger partial charge in [0.25, 0.3) is 0 Å². The van der Waals surface area contributed by atoms with Crippen molar-refractivity contribution in [1.82, 2.24) is 0 Å². The van der Waals surface area contributed by atoms with Gasteiger partial charge in [0.15, 0.2) is 11.9 Å². The van der Waals surface area contributed by atoms with Crippen molar-refractivity contribution in [2.75, 3.05) is 14.2 Å². The Kier molecular flexibility index (Phi) is 4.93. The van der Waals surface area contributed by atoms with E-state index in [1.807, 2.05) is 0 Å². The number of hydrogen-bond donors (Lipinski definition) is 0. The van der Waals surface area contributed by atoms with Gasteiger partial charge in [0.05, 0.1) is 19.8 Å². The topological polar surface area (TPSA) is 71.1 Å². The zero-order chi connectivity index (χ0) is 18.7. The Hall–Kier alpha value is -3.28. The molecular weight excluding hydrogens is 336 g/mol. The Morgan fingerprint density at radius 3 is 2.65 bits per heavy atom. The van der Waals surface area contributed by atoms with Crippen LogP contribution in [0.1, 0.15) is 22.8 Å². The first-order chi connectivity index (χ1) is 12.5. The van der Waals surface area contributed by atoms with Crippen LogP contribution in [0.2, 0.25) is 0 Å². The van der Waals surface area contributed by atoms with Crippen LogP contribution in [-0.4, -0.2) is 32.1 Å². The van der Waals surface area contributed by atoms with Crippen LogP contribution in [0.5, 0.6) is 17.2 Å². The van der Waals surface area contributed by atoms with Crippen LogP contribution in [0.15, 0.2) is 48.2 Å². The van der Waals surface area contributed by atoms with Gasteiger partial charge in [0.2, 0.25) is 5.78 Å². The average Bonchev–Trinajstić information content (AvgIpc) is 2.97. The average molecular weight is 354 g/mol. The lowest BCUT2D eigenvalue weighted by Gasteiger charge is -2.14. The molecule has 0 unspecified atom stereocenters. The second-order valence-corrected chi connectivity index (χ2v) is 5.62. The maximum absolute atomic E-state index is 12.5. The Bertz CT molecular complexity index is 884. The van der Waals surface area contributed by atoms with Crippen LogP contribution >= 0.6 is 0 Å². The largest absolute Gasteiger partial charge is 0.497 e. The molecule has 1 atom stereocenters. The fourth-order valence-corrected chi connectivity index (χ4v) is 2.55. The maximum Gasteiger partial charge on any atom is 0.346 e. The molecule has 1 heterocycles. The van der Waals surface area contributed by atoms with Gasteiger partial charge in [-0.05, 0) is 31.2 Å². The zero-order valence-corrected chi connectivity index (χ0v) is 14.6. The molecule has 1 aliphatic rings. The molecule has 0 bridgehead atoms. The van der Waals surface area contributed by atoms with Gasteiger partial charge in [-0.3, -0.25) is 4.79 Å². The number of ether oxygens (including phenoxy) is 4. The molecule has 134 valence electrons. The summed E-state index contributed by atoms with van der Waals surface area (Å²) >= 11 is 0. The SMILES string of the molecule is COC(=O)[C@@H](C)Oc1ccccc1C=C1Oc2cc(OC)ccc2C1=O. The molecule has 0 amide bonds. The van der Waals surface area contributed by atoms with Crippen molar-refractivity contribution in [2.24, 2.45) is 0 Å². The van der Waals surface area contributed by atoms with Crippen LogP contribution in [0.4, 0.5) is 0 Å². The minimum Gasteiger partial charge on any atom is -0.497 e. The fourth-order valence-electron chi connectivity index (χ4n) is 2.55. The van der Waals surface area contributed by atoms with Gasteiger partial charge in [-0.25, -0.2) is 4.79 Å². The van der Waals surface area contributed by atoms with E-state index in [4.69, 9.17) is 14.2 Å². The molecule has 0 spiro atoms. The van der Waals surface area contributed by atoms with Gasteiger partial charge >= 0.3 is 5.97 Å². The standard InChI is InChI=1S/C20H18O6/c1-12(20(22)24-3)25-16-7-5-4-6-13(16)10-18-19(21)15-9-8-14(23-2)11-17(15)26-18/h4-12H,1-3H3/t12-/m1/s1. The highest BCUT2D eigenvalue weighted by atomic mass is 16.6. The molecule has 0 fully saturated rings. The minimum atomic E-state index is -0.777. The highest BCUT2D eigenvalue weighted by Gasteiger charge is 2.28. The van der Waals surface area contributed by atoms with Crippen LogP contribution in [0.25, 0.3) is 6.08 Å². The second kappa shape index (κ2) is 7.31. The summed E-state index contributed by atoms with van der Waals surface area (Å²) in [7, 11) is 2.85. The number of fused-ring (bicyclic) bond motifs is 1. The van der Waals surface area contributed by atoms with Crippen molar-refractivity contribution >= 4 is 17.8 Å². The Morgan fingerprint density at radius 1 is 1.15 bits per heavy atom. The van der Waals surface area contributed by atoms with Crippen molar-refractivity contribution in [3.8, 4) is 17.2 Å². The van der Waals surface area contributed by atoms with E-state index in [0.717, 1.165) is 0 Å². The van der Waals surface area contributed by atoms with E-state index in [2.05, 4.69) is 4.74 Å². The summed E-state index contributed by atoms with van der Waals surface area (Å²) in [6, 6.07) is 12.1. The highest BCUT2D eigenvalue weighted by molar-refractivity contribution is 6.14. The number of rotatable bonds is 5. The molecule has 0 radical (unpaired) electrons. The van der Waals surface area contributed by atoms with E-state index in [9.17, 15) is 9.59 Å². The highest BCUT2D eigenvalue weighted by Crippen LogP contribution is 2.35. The smallest absolute Gasteiger partial charge is 0.346 e. The summed E-state index contributed by atoms with van der Waals surface area (Å²) in [4.78, 5) is 24.1. The van der Waals surface area contributed by atoms with Crippen molar-refractivity contribution < 1.29 is 28.5 Å². The van der Waals surface area contributed by atoms with E-state index >= 15 is 0 Å². The Morgan fingerprint density at radius 2 is 1.92 bits per heavy atom.